The fourth-order valence-corrected chi connectivity index (χ4v) is 1.88. The lowest BCUT2D eigenvalue weighted by molar-refractivity contribution is -0.140. The number of ether oxygens (including phenoxy) is 1. The number of aryl methyl sites for hydroxylation is 1. The van der Waals surface area contributed by atoms with E-state index in [1.165, 1.54) is 7.11 Å². The van der Waals surface area contributed by atoms with Crippen molar-refractivity contribution in [2.45, 2.75) is 26.7 Å². The van der Waals surface area contributed by atoms with Crippen LogP contribution in [-0.2, 0) is 16.0 Å². The summed E-state index contributed by atoms with van der Waals surface area (Å²) in [6.07, 6.45) is 1.04. The Hall–Kier alpha value is -1.10. The van der Waals surface area contributed by atoms with Crippen LogP contribution in [0, 0.1) is 5.92 Å². The Bertz CT molecular complexity index is 336. The second kappa shape index (κ2) is 6.48. The van der Waals surface area contributed by atoms with Gasteiger partial charge in [0.1, 0.15) is 0 Å². The van der Waals surface area contributed by atoms with Crippen LogP contribution in [0.2, 0.25) is 0 Å². The smallest absolute Gasteiger partial charge is 0.305 e. The van der Waals surface area contributed by atoms with Crippen LogP contribution in [0.3, 0.4) is 0 Å². The molecule has 0 radical (unpaired) electrons. The van der Waals surface area contributed by atoms with Gasteiger partial charge < -0.3 is 10.1 Å². The highest BCUT2D eigenvalue weighted by atomic mass is 32.1. The Balaban J connectivity index is 2.36. The van der Waals surface area contributed by atoms with Gasteiger partial charge in [-0.05, 0) is 5.92 Å². The molecule has 1 heterocycles. The number of methoxy groups -OCH3 is 1. The van der Waals surface area contributed by atoms with Crippen molar-refractivity contribution >= 4 is 22.4 Å². The molecule has 90 valence electrons. The van der Waals surface area contributed by atoms with Crippen LogP contribution in [-0.4, -0.2) is 24.6 Å². The summed E-state index contributed by atoms with van der Waals surface area (Å²) in [5.41, 5.74) is 0.946. The second-order valence-electron chi connectivity index (χ2n) is 3.99. The van der Waals surface area contributed by atoms with Gasteiger partial charge in [0, 0.05) is 18.3 Å². The van der Waals surface area contributed by atoms with Crippen molar-refractivity contribution in [3.05, 3.63) is 11.1 Å². The molecule has 0 aromatic carbocycles. The van der Waals surface area contributed by atoms with Gasteiger partial charge in [-0.15, -0.1) is 11.3 Å². The van der Waals surface area contributed by atoms with E-state index in [2.05, 4.69) is 28.9 Å². The van der Waals surface area contributed by atoms with Crippen molar-refractivity contribution in [3.63, 3.8) is 0 Å². The molecule has 1 N–H and O–H groups in total. The van der Waals surface area contributed by atoms with Crippen molar-refractivity contribution in [2.75, 3.05) is 19.0 Å². The highest BCUT2D eigenvalue weighted by Gasteiger charge is 2.05. The molecule has 4 nitrogen and oxygen atoms in total. The largest absolute Gasteiger partial charge is 0.469 e. The Morgan fingerprint density at radius 1 is 1.62 bits per heavy atom. The van der Waals surface area contributed by atoms with E-state index in [-0.39, 0.29) is 5.97 Å². The number of rotatable bonds is 6. The standard InChI is InChI=1S/C11H18N2O2S/c1-8(2)6-12-11-13-9(7-16-11)4-5-10(14)15-3/h7-8H,4-6H2,1-3H3,(H,12,13). The highest BCUT2D eigenvalue weighted by molar-refractivity contribution is 7.13. The minimum Gasteiger partial charge on any atom is -0.469 e. The SMILES string of the molecule is COC(=O)CCc1csc(NCC(C)C)n1. The summed E-state index contributed by atoms with van der Waals surface area (Å²) < 4.78 is 4.58. The minimum absolute atomic E-state index is 0.190. The van der Waals surface area contributed by atoms with Crippen molar-refractivity contribution in [1.82, 2.24) is 4.98 Å². The molecular weight excluding hydrogens is 224 g/mol. The Labute approximate surface area is 100 Å². The quantitative estimate of drug-likeness (QED) is 0.778. The van der Waals surface area contributed by atoms with E-state index in [1.54, 1.807) is 11.3 Å². The molecule has 0 aliphatic carbocycles. The van der Waals surface area contributed by atoms with Crippen LogP contribution in [0.4, 0.5) is 5.13 Å². The Morgan fingerprint density at radius 2 is 2.38 bits per heavy atom. The van der Waals surface area contributed by atoms with Crippen molar-refractivity contribution in [1.29, 1.82) is 0 Å². The molecule has 1 aromatic heterocycles. The highest BCUT2D eigenvalue weighted by Crippen LogP contribution is 2.16. The number of hydrogen-bond acceptors (Lipinski definition) is 5. The Morgan fingerprint density at radius 3 is 3.00 bits per heavy atom. The summed E-state index contributed by atoms with van der Waals surface area (Å²) in [6.45, 7) is 5.22. The van der Waals surface area contributed by atoms with Gasteiger partial charge in [-0.3, -0.25) is 4.79 Å². The molecule has 0 spiro atoms. The molecule has 0 unspecified atom stereocenters. The van der Waals surface area contributed by atoms with Crippen LogP contribution in [0.15, 0.2) is 5.38 Å². The van der Waals surface area contributed by atoms with E-state index < -0.39 is 0 Å². The topological polar surface area (TPSA) is 51.2 Å². The van der Waals surface area contributed by atoms with Gasteiger partial charge in [-0.2, -0.15) is 0 Å². The zero-order chi connectivity index (χ0) is 12.0. The number of aromatic nitrogens is 1. The van der Waals surface area contributed by atoms with Crippen molar-refractivity contribution in [3.8, 4) is 0 Å². The van der Waals surface area contributed by atoms with Crippen LogP contribution >= 0.6 is 11.3 Å². The van der Waals surface area contributed by atoms with Gasteiger partial charge in [0.2, 0.25) is 0 Å². The molecule has 16 heavy (non-hydrogen) atoms. The third kappa shape index (κ3) is 4.61. The number of anilines is 1. The molecule has 5 heteroatoms. The number of carbonyl (C=O) groups is 1. The molecule has 0 fully saturated rings. The number of esters is 1. The fourth-order valence-electron chi connectivity index (χ4n) is 1.13. The lowest BCUT2D eigenvalue weighted by Gasteiger charge is -2.04. The third-order valence-corrected chi connectivity index (χ3v) is 2.88. The number of carbonyl (C=O) groups excluding carboxylic acids is 1. The maximum absolute atomic E-state index is 10.9. The van der Waals surface area contributed by atoms with Gasteiger partial charge in [0.25, 0.3) is 0 Å². The number of nitrogens with one attached hydrogen (secondary N) is 1. The summed E-state index contributed by atoms with van der Waals surface area (Å²) in [7, 11) is 1.40. The van der Waals surface area contributed by atoms with Gasteiger partial charge >= 0.3 is 5.97 Å². The van der Waals surface area contributed by atoms with Crippen LogP contribution < -0.4 is 5.32 Å². The molecule has 0 bridgehead atoms. The molecule has 1 aromatic rings. The average Bonchev–Trinajstić information content (AvgIpc) is 2.71. The van der Waals surface area contributed by atoms with Gasteiger partial charge in [-0.1, -0.05) is 13.8 Å². The molecular formula is C11H18N2O2S. The zero-order valence-corrected chi connectivity index (χ0v) is 10.8. The molecule has 0 atom stereocenters. The summed E-state index contributed by atoms with van der Waals surface area (Å²) in [6, 6.07) is 0. The van der Waals surface area contributed by atoms with Gasteiger partial charge in [0.15, 0.2) is 5.13 Å². The van der Waals surface area contributed by atoms with E-state index in [9.17, 15) is 4.79 Å². The predicted molar refractivity (Wildman–Crippen MR) is 65.8 cm³/mol. The first-order chi connectivity index (χ1) is 7.61. The normalized spacial score (nSPS) is 10.5. The molecule has 0 aliphatic heterocycles. The number of thiazole rings is 1. The molecule has 0 aliphatic rings. The first kappa shape index (κ1) is 13.0. The fraction of sp³-hybridized carbons (Fsp3) is 0.636. The maximum Gasteiger partial charge on any atom is 0.305 e. The zero-order valence-electron chi connectivity index (χ0n) is 9.95. The summed E-state index contributed by atoms with van der Waals surface area (Å²) in [4.78, 5) is 15.3. The van der Waals surface area contributed by atoms with Crippen LogP contribution in [0.25, 0.3) is 0 Å². The molecule has 1 rings (SSSR count). The van der Waals surface area contributed by atoms with Crippen molar-refractivity contribution < 1.29 is 9.53 Å². The second-order valence-corrected chi connectivity index (χ2v) is 4.85. The summed E-state index contributed by atoms with van der Waals surface area (Å²) in [5.74, 6) is 0.409. The lowest BCUT2D eigenvalue weighted by atomic mass is 10.2. The summed E-state index contributed by atoms with van der Waals surface area (Å²) >= 11 is 1.58. The van der Waals surface area contributed by atoms with Gasteiger partial charge in [0.05, 0.1) is 19.2 Å². The minimum atomic E-state index is -0.190. The van der Waals surface area contributed by atoms with E-state index in [0.29, 0.717) is 18.8 Å². The predicted octanol–water partition coefficient (Wildman–Crippen LogP) is 2.32. The van der Waals surface area contributed by atoms with Crippen molar-refractivity contribution in [2.24, 2.45) is 5.92 Å². The van der Waals surface area contributed by atoms with E-state index in [1.807, 2.05) is 5.38 Å². The molecule has 0 saturated heterocycles. The number of hydrogen-bond donors (Lipinski definition) is 1. The molecule has 0 saturated carbocycles. The van der Waals surface area contributed by atoms with E-state index in [0.717, 1.165) is 17.4 Å². The maximum atomic E-state index is 10.9. The first-order valence-electron chi connectivity index (χ1n) is 5.37. The number of nitrogens with zero attached hydrogens (tertiary/aromatic N) is 1. The van der Waals surface area contributed by atoms with Crippen LogP contribution in [0.5, 0.6) is 0 Å². The van der Waals surface area contributed by atoms with Crippen LogP contribution in [0.1, 0.15) is 26.0 Å². The van der Waals surface area contributed by atoms with E-state index >= 15 is 0 Å². The average molecular weight is 242 g/mol. The molecule has 0 amide bonds. The Kier molecular flexibility index (Phi) is 5.25. The monoisotopic (exact) mass is 242 g/mol. The van der Waals surface area contributed by atoms with Gasteiger partial charge in [-0.25, -0.2) is 4.98 Å². The summed E-state index contributed by atoms with van der Waals surface area (Å²) in [5, 5.41) is 6.16. The first-order valence-corrected chi connectivity index (χ1v) is 6.25. The lowest BCUT2D eigenvalue weighted by Crippen LogP contribution is -2.07. The third-order valence-electron chi connectivity index (χ3n) is 2.03. The van der Waals surface area contributed by atoms with E-state index in [4.69, 9.17) is 0 Å².